The Bertz CT molecular complexity index is 983. The maximum absolute atomic E-state index is 12.5. The fourth-order valence-corrected chi connectivity index (χ4v) is 2.75. The van der Waals surface area contributed by atoms with Crippen LogP contribution >= 0.6 is 0 Å². The van der Waals surface area contributed by atoms with E-state index < -0.39 is 4.92 Å². The van der Waals surface area contributed by atoms with Crippen molar-refractivity contribution in [2.75, 3.05) is 0 Å². The first kappa shape index (κ1) is 14.0. The number of non-ortho nitro benzene ring substituents is 1. The molecular formula is C17H9N3O4. The third kappa shape index (κ3) is 1.95. The largest absolute Gasteiger partial charge is 0.335 e. The van der Waals surface area contributed by atoms with Gasteiger partial charge in [-0.3, -0.25) is 19.7 Å². The number of nitro benzene ring substituents is 1. The molecular weight excluding hydrogens is 310 g/mol. The number of nitro groups is 1. The Morgan fingerprint density at radius 2 is 1.67 bits per heavy atom. The first-order chi connectivity index (χ1) is 11.6. The van der Waals surface area contributed by atoms with Crippen LogP contribution in [0.25, 0.3) is 11.4 Å². The van der Waals surface area contributed by atoms with Crippen LogP contribution in [0.5, 0.6) is 0 Å². The average Bonchev–Trinajstić information content (AvgIpc) is 3.06. The first-order valence-electron chi connectivity index (χ1n) is 7.09. The fourth-order valence-electron chi connectivity index (χ4n) is 2.75. The molecule has 1 aliphatic carbocycles. The van der Waals surface area contributed by atoms with E-state index in [0.717, 1.165) is 0 Å². The van der Waals surface area contributed by atoms with E-state index in [4.69, 9.17) is 0 Å². The summed E-state index contributed by atoms with van der Waals surface area (Å²) in [6.45, 7) is 0. The smallest absolute Gasteiger partial charge is 0.270 e. The minimum Gasteiger partial charge on any atom is -0.335 e. The zero-order valence-electron chi connectivity index (χ0n) is 12.1. The molecule has 0 radical (unpaired) electrons. The van der Waals surface area contributed by atoms with Gasteiger partial charge < -0.3 is 4.98 Å². The maximum Gasteiger partial charge on any atom is 0.270 e. The third-order valence-corrected chi connectivity index (χ3v) is 3.89. The SMILES string of the molecule is O=C1c2ccccc2C(=O)c2[nH]c(-c3cccc([N+](=O)[O-])c3)nc21. The van der Waals surface area contributed by atoms with E-state index in [-0.39, 0.29) is 34.5 Å². The molecule has 0 saturated carbocycles. The summed E-state index contributed by atoms with van der Waals surface area (Å²) in [4.78, 5) is 42.5. The van der Waals surface area contributed by atoms with Gasteiger partial charge in [-0.05, 0) is 0 Å². The van der Waals surface area contributed by atoms with Crippen molar-refractivity contribution in [3.63, 3.8) is 0 Å². The molecule has 116 valence electrons. The van der Waals surface area contributed by atoms with Gasteiger partial charge in [0.1, 0.15) is 17.2 Å². The van der Waals surface area contributed by atoms with Crippen molar-refractivity contribution < 1.29 is 14.5 Å². The number of aromatic amines is 1. The molecule has 3 aromatic rings. The van der Waals surface area contributed by atoms with E-state index in [2.05, 4.69) is 9.97 Å². The van der Waals surface area contributed by atoms with Crippen molar-refractivity contribution in [2.24, 2.45) is 0 Å². The van der Waals surface area contributed by atoms with E-state index in [1.807, 2.05) is 0 Å². The van der Waals surface area contributed by atoms with Crippen molar-refractivity contribution in [1.29, 1.82) is 0 Å². The molecule has 0 bridgehead atoms. The van der Waals surface area contributed by atoms with Crippen LogP contribution in [-0.2, 0) is 0 Å². The van der Waals surface area contributed by atoms with Gasteiger partial charge in [0.15, 0.2) is 0 Å². The number of imidazole rings is 1. The predicted molar refractivity (Wildman–Crippen MR) is 84.0 cm³/mol. The van der Waals surface area contributed by atoms with Crippen LogP contribution in [0.3, 0.4) is 0 Å². The van der Waals surface area contributed by atoms with E-state index in [1.54, 1.807) is 30.3 Å². The number of hydrogen-bond donors (Lipinski definition) is 1. The Balaban J connectivity index is 1.86. The summed E-state index contributed by atoms with van der Waals surface area (Å²) >= 11 is 0. The van der Waals surface area contributed by atoms with Crippen molar-refractivity contribution in [3.05, 3.63) is 81.2 Å². The number of nitrogens with zero attached hydrogens (tertiary/aromatic N) is 2. The van der Waals surface area contributed by atoms with Gasteiger partial charge in [0.05, 0.1) is 4.92 Å². The molecule has 7 nitrogen and oxygen atoms in total. The Morgan fingerprint density at radius 3 is 2.38 bits per heavy atom. The number of rotatable bonds is 2. The minimum absolute atomic E-state index is 0.0419. The van der Waals surface area contributed by atoms with Gasteiger partial charge in [-0.15, -0.1) is 0 Å². The average molecular weight is 319 g/mol. The lowest BCUT2D eigenvalue weighted by Crippen LogP contribution is -2.20. The summed E-state index contributed by atoms with van der Waals surface area (Å²) < 4.78 is 0. The molecule has 0 fully saturated rings. The zero-order chi connectivity index (χ0) is 16.8. The molecule has 0 unspecified atom stereocenters. The van der Waals surface area contributed by atoms with Crippen LogP contribution < -0.4 is 0 Å². The molecule has 0 spiro atoms. The number of nitrogens with one attached hydrogen (secondary N) is 1. The lowest BCUT2D eigenvalue weighted by Gasteiger charge is -2.11. The molecule has 0 atom stereocenters. The number of aromatic nitrogens is 2. The van der Waals surface area contributed by atoms with E-state index >= 15 is 0 Å². The molecule has 0 aliphatic heterocycles. The van der Waals surface area contributed by atoms with Crippen LogP contribution in [-0.4, -0.2) is 26.5 Å². The van der Waals surface area contributed by atoms with E-state index in [9.17, 15) is 19.7 Å². The Morgan fingerprint density at radius 1 is 0.958 bits per heavy atom. The normalized spacial score (nSPS) is 12.7. The Hall–Kier alpha value is -3.61. The molecule has 1 aliphatic rings. The molecule has 1 heterocycles. The van der Waals surface area contributed by atoms with Gasteiger partial charge in [-0.1, -0.05) is 36.4 Å². The molecule has 1 N–H and O–H groups in total. The van der Waals surface area contributed by atoms with Crippen molar-refractivity contribution in [2.45, 2.75) is 0 Å². The Kier molecular flexibility index (Phi) is 2.89. The van der Waals surface area contributed by atoms with Gasteiger partial charge in [-0.25, -0.2) is 4.98 Å². The maximum atomic E-state index is 12.5. The van der Waals surface area contributed by atoms with Crippen LogP contribution in [0.4, 0.5) is 5.69 Å². The van der Waals surface area contributed by atoms with Crippen LogP contribution in [0, 0.1) is 10.1 Å². The van der Waals surface area contributed by atoms with Crippen LogP contribution in [0.2, 0.25) is 0 Å². The van der Waals surface area contributed by atoms with E-state index in [0.29, 0.717) is 16.7 Å². The monoisotopic (exact) mass is 319 g/mol. The second-order valence-corrected chi connectivity index (χ2v) is 5.32. The highest BCUT2D eigenvalue weighted by Gasteiger charge is 2.33. The summed E-state index contributed by atoms with van der Waals surface area (Å²) in [6, 6.07) is 12.4. The standard InChI is InChI=1S/C17H9N3O4/c21-15-11-6-1-2-7-12(11)16(22)14-13(15)18-17(19-14)9-4-3-5-10(8-9)20(23)24/h1-8H,(H,18,19). The number of H-pyrrole nitrogens is 1. The fraction of sp³-hybridized carbons (Fsp3) is 0. The number of carbonyl (C=O) groups excluding carboxylic acids is 2. The predicted octanol–water partition coefficient (Wildman–Crippen LogP) is 2.76. The lowest BCUT2D eigenvalue weighted by molar-refractivity contribution is -0.384. The quantitative estimate of drug-likeness (QED) is 0.451. The number of ketones is 2. The summed E-state index contributed by atoms with van der Waals surface area (Å²) in [7, 11) is 0. The van der Waals surface area contributed by atoms with Gasteiger partial charge in [-0.2, -0.15) is 0 Å². The highest BCUT2D eigenvalue weighted by atomic mass is 16.6. The van der Waals surface area contributed by atoms with Crippen LogP contribution in [0.1, 0.15) is 32.1 Å². The minimum atomic E-state index is -0.515. The molecule has 0 saturated heterocycles. The second-order valence-electron chi connectivity index (χ2n) is 5.32. The summed E-state index contributed by atoms with van der Waals surface area (Å²) in [6.07, 6.45) is 0. The molecule has 4 rings (SSSR count). The van der Waals surface area contributed by atoms with Gasteiger partial charge in [0.25, 0.3) is 5.69 Å². The molecule has 2 aromatic carbocycles. The number of benzene rings is 2. The zero-order valence-corrected chi connectivity index (χ0v) is 12.1. The van der Waals surface area contributed by atoms with Crippen molar-refractivity contribution >= 4 is 17.3 Å². The second kappa shape index (κ2) is 4.95. The lowest BCUT2D eigenvalue weighted by atomic mass is 9.90. The Labute approximate surface area is 135 Å². The number of carbonyl (C=O) groups is 2. The third-order valence-electron chi connectivity index (χ3n) is 3.89. The summed E-state index contributed by atoms with van der Waals surface area (Å²) in [5, 5.41) is 10.9. The molecule has 7 heteroatoms. The van der Waals surface area contributed by atoms with E-state index in [1.165, 1.54) is 18.2 Å². The van der Waals surface area contributed by atoms with Crippen molar-refractivity contribution in [1.82, 2.24) is 9.97 Å². The highest BCUT2D eigenvalue weighted by Crippen LogP contribution is 2.29. The van der Waals surface area contributed by atoms with Crippen molar-refractivity contribution in [3.8, 4) is 11.4 Å². The summed E-state index contributed by atoms with van der Waals surface area (Å²) in [5.41, 5.74) is 1.13. The number of fused-ring (bicyclic) bond motifs is 2. The first-order valence-corrected chi connectivity index (χ1v) is 7.09. The van der Waals surface area contributed by atoms with Gasteiger partial charge in [0.2, 0.25) is 11.6 Å². The molecule has 1 aromatic heterocycles. The van der Waals surface area contributed by atoms with Gasteiger partial charge >= 0.3 is 0 Å². The number of hydrogen-bond acceptors (Lipinski definition) is 5. The topological polar surface area (TPSA) is 106 Å². The summed E-state index contributed by atoms with van der Waals surface area (Å²) in [5.74, 6) is -0.407. The van der Waals surface area contributed by atoms with Gasteiger partial charge in [0, 0.05) is 28.8 Å². The highest BCUT2D eigenvalue weighted by molar-refractivity contribution is 6.27. The van der Waals surface area contributed by atoms with Crippen LogP contribution in [0.15, 0.2) is 48.5 Å². The molecule has 0 amide bonds. The molecule has 24 heavy (non-hydrogen) atoms.